The van der Waals surface area contributed by atoms with Crippen molar-refractivity contribution in [3.63, 3.8) is 0 Å². The Morgan fingerprint density at radius 2 is 2.05 bits per heavy atom. The first-order valence-electron chi connectivity index (χ1n) is 5.99. The Kier molecular flexibility index (Phi) is 4.10. The molecular weight excluding hydrogens is 256 g/mol. The molecule has 20 heavy (non-hydrogen) atoms. The van der Waals surface area contributed by atoms with Crippen molar-refractivity contribution < 1.29 is 14.6 Å². The van der Waals surface area contributed by atoms with Crippen molar-refractivity contribution >= 4 is 18.1 Å². The summed E-state index contributed by atoms with van der Waals surface area (Å²) in [6, 6.07) is 8.48. The number of ether oxygens (including phenoxy) is 1. The largest absolute Gasteiger partial charge is 0.493 e. The third-order valence-electron chi connectivity index (χ3n) is 2.59. The molecule has 0 saturated heterocycles. The van der Waals surface area contributed by atoms with Gasteiger partial charge in [0, 0.05) is 11.8 Å². The van der Waals surface area contributed by atoms with Gasteiger partial charge in [-0.1, -0.05) is 18.2 Å². The quantitative estimate of drug-likeness (QED) is 0.867. The van der Waals surface area contributed by atoms with E-state index < -0.39 is 0 Å². The van der Waals surface area contributed by atoms with Gasteiger partial charge in [0.2, 0.25) is 5.88 Å². The van der Waals surface area contributed by atoms with E-state index in [1.54, 1.807) is 37.3 Å². The Balaban J connectivity index is 2.25. The Bertz CT molecular complexity index is 646. The summed E-state index contributed by atoms with van der Waals surface area (Å²) in [6.07, 6.45) is 3.43. The van der Waals surface area contributed by atoms with Crippen LogP contribution >= 0.6 is 0 Å². The van der Waals surface area contributed by atoms with Crippen molar-refractivity contribution in [3.8, 4) is 5.88 Å². The van der Waals surface area contributed by atoms with E-state index in [4.69, 9.17) is 0 Å². The van der Waals surface area contributed by atoms with Gasteiger partial charge >= 0.3 is 5.97 Å². The standard InChI is InChI=1S/C15H14N2O3/c1-10-8-14(18)17-13(16-10)7-6-11-4-3-5-12(9-11)15(19)20-2/h3-9H,1-2H3,(H,16,17,18)/b7-6+. The van der Waals surface area contributed by atoms with E-state index in [1.807, 2.05) is 6.07 Å². The van der Waals surface area contributed by atoms with Gasteiger partial charge in [-0.2, -0.15) is 4.98 Å². The summed E-state index contributed by atoms with van der Waals surface area (Å²) >= 11 is 0. The molecule has 1 N–H and O–H groups in total. The van der Waals surface area contributed by atoms with Crippen LogP contribution in [0.1, 0.15) is 27.4 Å². The number of nitrogens with zero attached hydrogens (tertiary/aromatic N) is 2. The second kappa shape index (κ2) is 5.97. The third kappa shape index (κ3) is 3.41. The molecule has 0 unspecified atom stereocenters. The molecule has 2 rings (SSSR count). The maximum atomic E-state index is 11.4. The second-order valence-corrected chi connectivity index (χ2v) is 4.18. The van der Waals surface area contributed by atoms with E-state index in [-0.39, 0.29) is 11.8 Å². The van der Waals surface area contributed by atoms with Gasteiger partial charge in [0.15, 0.2) is 5.82 Å². The van der Waals surface area contributed by atoms with Gasteiger partial charge in [0.1, 0.15) is 0 Å². The number of hydrogen-bond donors (Lipinski definition) is 1. The third-order valence-corrected chi connectivity index (χ3v) is 2.59. The van der Waals surface area contributed by atoms with Crippen molar-refractivity contribution in [3.05, 3.63) is 53.0 Å². The van der Waals surface area contributed by atoms with E-state index in [2.05, 4.69) is 14.7 Å². The summed E-state index contributed by atoms with van der Waals surface area (Å²) < 4.78 is 4.66. The summed E-state index contributed by atoms with van der Waals surface area (Å²) in [5, 5.41) is 9.39. The molecule has 2 aromatic rings. The molecule has 0 aliphatic rings. The highest BCUT2D eigenvalue weighted by Gasteiger charge is 2.04. The highest BCUT2D eigenvalue weighted by atomic mass is 16.5. The lowest BCUT2D eigenvalue weighted by Gasteiger charge is -2.00. The first kappa shape index (κ1) is 13.7. The van der Waals surface area contributed by atoms with E-state index in [0.717, 1.165) is 5.56 Å². The van der Waals surface area contributed by atoms with Crippen LogP contribution in [-0.4, -0.2) is 28.2 Å². The average Bonchev–Trinajstić information content (AvgIpc) is 2.43. The van der Waals surface area contributed by atoms with Crippen LogP contribution in [0.5, 0.6) is 5.88 Å². The number of carbonyl (C=O) groups excluding carboxylic acids is 1. The van der Waals surface area contributed by atoms with E-state index in [9.17, 15) is 9.90 Å². The SMILES string of the molecule is COC(=O)c1cccc(/C=C/c2nc(C)cc(O)n2)c1. The van der Waals surface area contributed by atoms with Gasteiger partial charge < -0.3 is 9.84 Å². The zero-order valence-corrected chi connectivity index (χ0v) is 11.2. The van der Waals surface area contributed by atoms with Crippen LogP contribution in [0.15, 0.2) is 30.3 Å². The van der Waals surface area contributed by atoms with Crippen molar-refractivity contribution in [1.82, 2.24) is 9.97 Å². The van der Waals surface area contributed by atoms with Gasteiger partial charge in [-0.05, 0) is 30.7 Å². The zero-order chi connectivity index (χ0) is 14.5. The lowest BCUT2D eigenvalue weighted by atomic mass is 10.1. The normalized spacial score (nSPS) is 10.7. The Morgan fingerprint density at radius 3 is 2.75 bits per heavy atom. The smallest absolute Gasteiger partial charge is 0.337 e. The molecule has 5 heteroatoms. The number of carbonyl (C=O) groups is 1. The highest BCUT2D eigenvalue weighted by Crippen LogP contribution is 2.12. The number of hydrogen-bond acceptors (Lipinski definition) is 5. The minimum atomic E-state index is -0.385. The molecule has 1 heterocycles. The fraction of sp³-hybridized carbons (Fsp3) is 0.133. The van der Waals surface area contributed by atoms with Crippen LogP contribution in [0.3, 0.4) is 0 Å². The summed E-state index contributed by atoms with van der Waals surface area (Å²) in [7, 11) is 1.34. The van der Waals surface area contributed by atoms with Gasteiger partial charge in [0.25, 0.3) is 0 Å². The summed E-state index contributed by atoms with van der Waals surface area (Å²) in [4.78, 5) is 19.5. The number of methoxy groups -OCH3 is 1. The maximum Gasteiger partial charge on any atom is 0.337 e. The van der Waals surface area contributed by atoms with E-state index in [1.165, 1.54) is 13.2 Å². The van der Waals surface area contributed by atoms with Crippen LogP contribution in [0.25, 0.3) is 12.2 Å². The molecule has 0 atom stereocenters. The molecule has 0 aliphatic carbocycles. The van der Waals surface area contributed by atoms with E-state index >= 15 is 0 Å². The number of rotatable bonds is 3. The monoisotopic (exact) mass is 270 g/mol. The molecule has 1 aromatic heterocycles. The van der Waals surface area contributed by atoms with Crippen molar-refractivity contribution in [1.29, 1.82) is 0 Å². The molecule has 0 saturated carbocycles. The number of aryl methyl sites for hydroxylation is 1. The fourth-order valence-electron chi connectivity index (χ4n) is 1.71. The lowest BCUT2D eigenvalue weighted by Crippen LogP contribution is -2.00. The molecule has 0 radical (unpaired) electrons. The first-order chi connectivity index (χ1) is 9.58. The van der Waals surface area contributed by atoms with Gasteiger partial charge in [-0.25, -0.2) is 9.78 Å². The molecule has 5 nitrogen and oxygen atoms in total. The van der Waals surface area contributed by atoms with Crippen LogP contribution in [0.2, 0.25) is 0 Å². The van der Waals surface area contributed by atoms with Crippen LogP contribution in [0.4, 0.5) is 0 Å². The van der Waals surface area contributed by atoms with Crippen LogP contribution in [0, 0.1) is 6.92 Å². The molecule has 102 valence electrons. The van der Waals surface area contributed by atoms with E-state index in [0.29, 0.717) is 17.1 Å². The topological polar surface area (TPSA) is 72.3 Å². The Hall–Kier alpha value is -2.69. The summed E-state index contributed by atoms with van der Waals surface area (Å²) in [5.74, 6) is -0.0452. The molecule has 0 fully saturated rings. The Morgan fingerprint density at radius 1 is 1.25 bits per heavy atom. The van der Waals surface area contributed by atoms with Crippen molar-refractivity contribution in [2.45, 2.75) is 6.92 Å². The first-order valence-corrected chi connectivity index (χ1v) is 5.99. The van der Waals surface area contributed by atoms with Crippen LogP contribution < -0.4 is 0 Å². The highest BCUT2D eigenvalue weighted by molar-refractivity contribution is 5.90. The number of benzene rings is 1. The molecule has 0 amide bonds. The molecular formula is C15H14N2O3. The predicted octanol–water partition coefficient (Wildman–Crippen LogP) is 2.45. The lowest BCUT2D eigenvalue weighted by molar-refractivity contribution is 0.0600. The Labute approximate surface area is 116 Å². The van der Waals surface area contributed by atoms with Crippen molar-refractivity contribution in [2.75, 3.05) is 7.11 Å². The van der Waals surface area contributed by atoms with Gasteiger partial charge in [-0.3, -0.25) is 0 Å². The molecule has 1 aromatic carbocycles. The number of aromatic hydroxyl groups is 1. The molecule has 0 bridgehead atoms. The fourth-order valence-corrected chi connectivity index (χ4v) is 1.71. The second-order valence-electron chi connectivity index (χ2n) is 4.18. The van der Waals surface area contributed by atoms with Gasteiger partial charge in [-0.15, -0.1) is 0 Å². The number of esters is 1. The minimum absolute atomic E-state index is 0.0690. The van der Waals surface area contributed by atoms with Gasteiger partial charge in [0.05, 0.1) is 12.7 Å². The molecule has 0 aliphatic heterocycles. The molecule has 0 spiro atoms. The van der Waals surface area contributed by atoms with Crippen molar-refractivity contribution in [2.24, 2.45) is 0 Å². The number of aromatic nitrogens is 2. The zero-order valence-electron chi connectivity index (χ0n) is 11.2. The predicted molar refractivity (Wildman–Crippen MR) is 75.1 cm³/mol. The maximum absolute atomic E-state index is 11.4. The average molecular weight is 270 g/mol. The van der Waals surface area contributed by atoms with Crippen LogP contribution in [-0.2, 0) is 4.74 Å². The summed E-state index contributed by atoms with van der Waals surface area (Å²) in [6.45, 7) is 1.77. The minimum Gasteiger partial charge on any atom is -0.493 e. The summed E-state index contributed by atoms with van der Waals surface area (Å²) in [5.41, 5.74) is 1.97.